The number of imide groups is 2. The van der Waals surface area contributed by atoms with Crippen LogP contribution in [-0.2, 0) is 14.4 Å². The molecule has 222 valence electrons. The summed E-state index contributed by atoms with van der Waals surface area (Å²) >= 11 is 0. The Morgan fingerprint density at radius 3 is 2.44 bits per heavy atom. The number of rotatable bonds is 11. The summed E-state index contributed by atoms with van der Waals surface area (Å²) in [6, 6.07) is 4.12. The van der Waals surface area contributed by atoms with Crippen LogP contribution in [0.2, 0.25) is 0 Å². The minimum atomic E-state index is -0.973. The third-order valence-corrected chi connectivity index (χ3v) is 9.69. The van der Waals surface area contributed by atoms with Crippen molar-refractivity contribution in [1.82, 2.24) is 15.5 Å². The Balaban J connectivity index is 1.05. The van der Waals surface area contributed by atoms with E-state index in [9.17, 15) is 24.0 Å². The second-order valence-electron chi connectivity index (χ2n) is 12.9. The van der Waals surface area contributed by atoms with Crippen LogP contribution in [0.25, 0.3) is 0 Å². The van der Waals surface area contributed by atoms with Gasteiger partial charge in [0.05, 0.1) is 11.1 Å². The van der Waals surface area contributed by atoms with E-state index in [1.807, 2.05) is 0 Å². The molecule has 3 fully saturated rings. The van der Waals surface area contributed by atoms with E-state index in [1.54, 1.807) is 18.2 Å². The first-order chi connectivity index (χ1) is 19.7. The van der Waals surface area contributed by atoms with Crippen LogP contribution in [0.5, 0.6) is 0 Å². The molecule has 5 amide bonds. The van der Waals surface area contributed by atoms with Gasteiger partial charge in [0, 0.05) is 30.6 Å². The quantitative estimate of drug-likeness (QED) is 0.267. The van der Waals surface area contributed by atoms with Crippen molar-refractivity contribution in [2.75, 3.05) is 11.9 Å². The van der Waals surface area contributed by atoms with E-state index in [0.29, 0.717) is 18.7 Å². The molecule has 0 aromatic heterocycles. The Bertz CT molecular complexity index is 1190. The standard InChI is InChI=1S/C32H44N4O5/c1-3-32(18-21-15-20(2)16-22(17-21)19-32)35-27(38)11-6-4-5-7-14-33-24-10-8-9-23-28(24)31(41)36(30(23)40)25-12-13-26(37)34-29(25)39/h8-10,20-22,25,33H,3-7,11-19H2,1-2H3,(H,35,38)(H,34,37,39). The number of carbonyl (C=O) groups is 5. The summed E-state index contributed by atoms with van der Waals surface area (Å²) in [6.45, 7) is 5.22. The van der Waals surface area contributed by atoms with Gasteiger partial charge in [0.1, 0.15) is 6.04 Å². The van der Waals surface area contributed by atoms with E-state index in [0.717, 1.165) is 67.6 Å². The van der Waals surface area contributed by atoms with E-state index in [2.05, 4.69) is 29.8 Å². The Hall–Kier alpha value is -3.23. The van der Waals surface area contributed by atoms with Crippen LogP contribution in [0.4, 0.5) is 5.69 Å². The number of nitrogens with one attached hydrogen (secondary N) is 3. The van der Waals surface area contributed by atoms with Crippen LogP contribution in [-0.4, -0.2) is 52.6 Å². The molecule has 0 spiro atoms. The maximum Gasteiger partial charge on any atom is 0.264 e. The fourth-order valence-corrected chi connectivity index (χ4v) is 7.91. The summed E-state index contributed by atoms with van der Waals surface area (Å²) < 4.78 is 0. The Morgan fingerprint density at radius 1 is 1.00 bits per heavy atom. The summed E-state index contributed by atoms with van der Waals surface area (Å²) in [4.78, 5) is 63.9. The van der Waals surface area contributed by atoms with Crippen LogP contribution in [0.3, 0.4) is 0 Å². The molecule has 1 aromatic carbocycles. The summed E-state index contributed by atoms with van der Waals surface area (Å²) in [5.74, 6) is 0.497. The monoisotopic (exact) mass is 564 g/mol. The van der Waals surface area contributed by atoms with Crippen LogP contribution < -0.4 is 16.0 Å². The zero-order valence-electron chi connectivity index (χ0n) is 24.4. The number of unbranched alkanes of at least 4 members (excludes halogenated alkanes) is 3. The lowest BCUT2D eigenvalue weighted by atomic mass is 9.61. The number of fused-ring (bicyclic) bond motifs is 3. The summed E-state index contributed by atoms with van der Waals surface area (Å²) in [5.41, 5.74) is 1.12. The average Bonchev–Trinajstić information content (AvgIpc) is 3.17. The lowest BCUT2D eigenvalue weighted by Crippen LogP contribution is -2.54. The van der Waals surface area contributed by atoms with Crippen LogP contribution >= 0.6 is 0 Å². The van der Waals surface area contributed by atoms with Gasteiger partial charge in [-0.15, -0.1) is 0 Å². The number of benzene rings is 1. The third-order valence-electron chi connectivity index (χ3n) is 9.69. The highest BCUT2D eigenvalue weighted by Crippen LogP contribution is 2.47. The molecule has 2 saturated carbocycles. The van der Waals surface area contributed by atoms with Crippen molar-refractivity contribution < 1.29 is 24.0 Å². The molecule has 2 bridgehead atoms. The predicted molar refractivity (Wildman–Crippen MR) is 155 cm³/mol. The van der Waals surface area contributed by atoms with Crippen molar-refractivity contribution in [2.45, 2.75) is 109 Å². The average molecular weight is 565 g/mol. The zero-order chi connectivity index (χ0) is 29.1. The van der Waals surface area contributed by atoms with Gasteiger partial charge in [-0.2, -0.15) is 0 Å². The van der Waals surface area contributed by atoms with Crippen molar-refractivity contribution in [2.24, 2.45) is 17.8 Å². The fourth-order valence-electron chi connectivity index (χ4n) is 7.91. The lowest BCUT2D eigenvalue weighted by molar-refractivity contribution is -0.136. The molecule has 5 rings (SSSR count). The van der Waals surface area contributed by atoms with E-state index in [1.165, 1.54) is 19.3 Å². The van der Waals surface area contributed by atoms with Gasteiger partial charge in [0.2, 0.25) is 17.7 Å². The van der Waals surface area contributed by atoms with E-state index >= 15 is 0 Å². The zero-order valence-corrected chi connectivity index (χ0v) is 24.4. The van der Waals surface area contributed by atoms with E-state index in [-0.39, 0.29) is 35.4 Å². The van der Waals surface area contributed by atoms with Gasteiger partial charge < -0.3 is 10.6 Å². The molecule has 3 atom stereocenters. The van der Waals surface area contributed by atoms with Gasteiger partial charge in [0.15, 0.2) is 0 Å². The van der Waals surface area contributed by atoms with Gasteiger partial charge in [-0.05, 0) is 87.7 Å². The number of hydrogen-bond acceptors (Lipinski definition) is 6. The largest absolute Gasteiger partial charge is 0.384 e. The minimum Gasteiger partial charge on any atom is -0.384 e. The van der Waals surface area contributed by atoms with E-state index in [4.69, 9.17) is 0 Å². The SMILES string of the molecule is CCC1(NC(=O)CCCCCCNc2cccc3c2C(=O)N(C2CCC(=O)NC2=O)C3=O)CC2CC(C)CC(C2)C1. The van der Waals surface area contributed by atoms with Crippen LogP contribution in [0.15, 0.2) is 18.2 Å². The van der Waals surface area contributed by atoms with Gasteiger partial charge in [-0.1, -0.05) is 32.8 Å². The number of hydrogen-bond donors (Lipinski definition) is 3. The molecule has 9 heteroatoms. The molecule has 0 radical (unpaired) electrons. The predicted octanol–water partition coefficient (Wildman–Crippen LogP) is 4.56. The Labute approximate surface area is 242 Å². The molecular weight excluding hydrogens is 520 g/mol. The van der Waals surface area contributed by atoms with Crippen molar-refractivity contribution in [3.8, 4) is 0 Å². The van der Waals surface area contributed by atoms with Crippen molar-refractivity contribution >= 4 is 35.2 Å². The number of anilines is 1. The molecular formula is C32H44N4O5. The molecule has 2 aliphatic heterocycles. The third kappa shape index (κ3) is 6.33. The lowest BCUT2D eigenvalue weighted by Gasteiger charge is -2.49. The number of piperidine rings is 1. The van der Waals surface area contributed by atoms with Gasteiger partial charge in [-0.25, -0.2) is 0 Å². The Morgan fingerprint density at radius 2 is 1.73 bits per heavy atom. The molecule has 1 aromatic rings. The normalized spacial score (nSPS) is 29.3. The molecule has 9 nitrogen and oxygen atoms in total. The van der Waals surface area contributed by atoms with Gasteiger partial charge in [0.25, 0.3) is 11.8 Å². The first-order valence-corrected chi connectivity index (χ1v) is 15.6. The second kappa shape index (κ2) is 12.3. The molecule has 3 unspecified atom stereocenters. The number of carbonyl (C=O) groups excluding carboxylic acids is 5. The topological polar surface area (TPSA) is 125 Å². The first kappa shape index (κ1) is 29.3. The number of amides is 5. The molecule has 41 heavy (non-hydrogen) atoms. The van der Waals surface area contributed by atoms with Crippen molar-refractivity contribution in [1.29, 1.82) is 0 Å². The molecule has 1 saturated heterocycles. The van der Waals surface area contributed by atoms with Crippen molar-refractivity contribution in [3.63, 3.8) is 0 Å². The molecule has 3 N–H and O–H groups in total. The van der Waals surface area contributed by atoms with Crippen molar-refractivity contribution in [3.05, 3.63) is 29.3 Å². The maximum absolute atomic E-state index is 13.2. The second-order valence-corrected chi connectivity index (χ2v) is 12.9. The number of nitrogens with zero attached hydrogens (tertiary/aromatic N) is 1. The van der Waals surface area contributed by atoms with Crippen LogP contribution in [0, 0.1) is 17.8 Å². The van der Waals surface area contributed by atoms with Crippen LogP contribution in [0.1, 0.15) is 118 Å². The fraction of sp³-hybridized carbons (Fsp3) is 0.656. The smallest absolute Gasteiger partial charge is 0.264 e. The highest BCUT2D eigenvalue weighted by atomic mass is 16.2. The summed E-state index contributed by atoms with van der Waals surface area (Å²) in [7, 11) is 0. The molecule has 2 aliphatic carbocycles. The maximum atomic E-state index is 13.2. The first-order valence-electron chi connectivity index (χ1n) is 15.6. The summed E-state index contributed by atoms with van der Waals surface area (Å²) in [5, 5.41) is 8.97. The molecule has 2 heterocycles. The van der Waals surface area contributed by atoms with Gasteiger partial charge >= 0.3 is 0 Å². The summed E-state index contributed by atoms with van der Waals surface area (Å²) in [6.07, 6.45) is 11.6. The highest BCUT2D eigenvalue weighted by molar-refractivity contribution is 6.25. The molecule has 4 aliphatic rings. The minimum absolute atomic E-state index is 0.0166. The van der Waals surface area contributed by atoms with Gasteiger partial charge in [-0.3, -0.25) is 34.2 Å². The highest BCUT2D eigenvalue weighted by Gasteiger charge is 2.46. The van der Waals surface area contributed by atoms with E-state index < -0.39 is 29.7 Å². The Kier molecular flexibility index (Phi) is 8.80.